The van der Waals surface area contributed by atoms with E-state index in [2.05, 4.69) is 46.0 Å². The van der Waals surface area contributed by atoms with Gasteiger partial charge in [-0.25, -0.2) is 4.98 Å². The Bertz CT molecular complexity index is 570. The second-order valence-electron chi connectivity index (χ2n) is 4.67. The molecule has 0 fully saturated rings. The number of hydrogen-bond donors (Lipinski definition) is 1. The smallest absolute Gasteiger partial charge is 0.115 e. The van der Waals surface area contributed by atoms with Crippen LogP contribution in [-0.4, -0.2) is 11.0 Å². The molecule has 0 aliphatic heterocycles. The van der Waals surface area contributed by atoms with Crippen LogP contribution in [0, 0.1) is 6.92 Å². The lowest BCUT2D eigenvalue weighted by atomic mass is 10.1. The Morgan fingerprint density at radius 1 is 1.37 bits per heavy atom. The maximum absolute atomic E-state index is 5.83. The van der Waals surface area contributed by atoms with Crippen molar-refractivity contribution in [3.05, 3.63) is 52.1 Å². The van der Waals surface area contributed by atoms with Crippen molar-refractivity contribution in [2.75, 3.05) is 0 Å². The van der Waals surface area contributed by atoms with Crippen molar-refractivity contribution in [3.63, 3.8) is 0 Å². The lowest BCUT2D eigenvalue weighted by Gasteiger charge is -2.10. The molecule has 100 valence electrons. The molecule has 1 aromatic carbocycles. The third-order valence-corrected chi connectivity index (χ3v) is 4.83. The molecule has 2 nitrogen and oxygen atoms in total. The zero-order valence-corrected chi connectivity index (χ0v) is 13.5. The predicted octanol–water partition coefficient (Wildman–Crippen LogP) is 4.19. The van der Waals surface area contributed by atoms with Crippen LogP contribution in [0.1, 0.15) is 18.1 Å². The van der Waals surface area contributed by atoms with Gasteiger partial charge in [-0.15, -0.1) is 0 Å². The molecular formula is C15H17BrN2S. The van der Waals surface area contributed by atoms with E-state index in [0.29, 0.717) is 0 Å². The van der Waals surface area contributed by atoms with Gasteiger partial charge >= 0.3 is 0 Å². The van der Waals surface area contributed by atoms with Gasteiger partial charge in [0.15, 0.2) is 0 Å². The molecule has 2 rings (SSSR count). The molecule has 0 spiro atoms. The van der Waals surface area contributed by atoms with Crippen LogP contribution in [-0.2, 0) is 6.42 Å². The van der Waals surface area contributed by atoms with Crippen LogP contribution in [0.3, 0.4) is 0 Å². The fourth-order valence-electron chi connectivity index (χ4n) is 1.88. The Morgan fingerprint density at radius 3 is 2.79 bits per heavy atom. The molecule has 1 atom stereocenters. The summed E-state index contributed by atoms with van der Waals surface area (Å²) < 4.78 is 1.03. The van der Waals surface area contributed by atoms with Gasteiger partial charge in [0.2, 0.25) is 0 Å². The molecule has 2 N–H and O–H groups in total. The van der Waals surface area contributed by atoms with Gasteiger partial charge in [0, 0.05) is 17.1 Å². The van der Waals surface area contributed by atoms with Gasteiger partial charge in [-0.3, -0.25) is 0 Å². The second kappa shape index (κ2) is 6.55. The first-order chi connectivity index (χ1) is 9.06. The number of nitrogens with two attached hydrogens (primary N) is 1. The van der Waals surface area contributed by atoms with Gasteiger partial charge in [-0.2, -0.15) is 0 Å². The molecule has 1 heterocycles. The average Bonchev–Trinajstić information content (AvgIpc) is 2.34. The minimum atomic E-state index is 0.197. The second-order valence-corrected chi connectivity index (χ2v) is 6.56. The van der Waals surface area contributed by atoms with Crippen molar-refractivity contribution in [1.82, 2.24) is 4.98 Å². The van der Waals surface area contributed by atoms with Gasteiger partial charge < -0.3 is 5.73 Å². The number of rotatable bonds is 4. The van der Waals surface area contributed by atoms with Crippen LogP contribution in [0.5, 0.6) is 0 Å². The zero-order chi connectivity index (χ0) is 13.8. The first kappa shape index (κ1) is 14.6. The highest BCUT2D eigenvalue weighted by Gasteiger charge is 2.07. The molecule has 4 heteroatoms. The van der Waals surface area contributed by atoms with Crippen molar-refractivity contribution >= 4 is 27.7 Å². The van der Waals surface area contributed by atoms with E-state index in [0.717, 1.165) is 15.9 Å². The number of halogens is 1. The molecule has 0 radical (unpaired) electrons. The van der Waals surface area contributed by atoms with E-state index >= 15 is 0 Å². The molecule has 0 aliphatic rings. The summed E-state index contributed by atoms with van der Waals surface area (Å²) in [5.74, 6) is 0. The number of aromatic nitrogens is 1. The summed E-state index contributed by atoms with van der Waals surface area (Å²) in [6, 6.07) is 10.6. The minimum Gasteiger partial charge on any atom is -0.328 e. The first-order valence-electron chi connectivity index (χ1n) is 6.19. The van der Waals surface area contributed by atoms with E-state index in [1.807, 2.05) is 25.3 Å². The van der Waals surface area contributed by atoms with Gasteiger partial charge in [0.25, 0.3) is 0 Å². The summed E-state index contributed by atoms with van der Waals surface area (Å²) in [5.41, 5.74) is 8.39. The summed E-state index contributed by atoms with van der Waals surface area (Å²) in [4.78, 5) is 5.61. The highest BCUT2D eigenvalue weighted by Crippen LogP contribution is 2.33. The highest BCUT2D eigenvalue weighted by atomic mass is 79.9. The van der Waals surface area contributed by atoms with Crippen molar-refractivity contribution in [2.45, 2.75) is 36.2 Å². The Hall–Kier alpha value is -0.840. The maximum Gasteiger partial charge on any atom is 0.115 e. The van der Waals surface area contributed by atoms with E-state index in [1.165, 1.54) is 16.0 Å². The SMILES string of the molecule is Cc1cc(CC(C)N)ccc1Sc1ncccc1Br. The Morgan fingerprint density at radius 2 is 2.16 bits per heavy atom. The molecule has 2 aromatic rings. The van der Waals surface area contributed by atoms with Crippen LogP contribution in [0.2, 0.25) is 0 Å². The predicted molar refractivity (Wildman–Crippen MR) is 84.6 cm³/mol. The number of aryl methyl sites for hydroxylation is 1. The van der Waals surface area contributed by atoms with Crippen molar-refractivity contribution in [1.29, 1.82) is 0 Å². The molecule has 1 aromatic heterocycles. The standard InChI is InChI=1S/C15H17BrN2S/c1-10-8-12(9-11(2)17)5-6-14(10)19-15-13(16)4-3-7-18-15/h3-8,11H,9,17H2,1-2H3. The normalized spacial score (nSPS) is 12.4. The van der Waals surface area contributed by atoms with Crippen LogP contribution in [0.4, 0.5) is 0 Å². The molecule has 0 bridgehead atoms. The first-order valence-corrected chi connectivity index (χ1v) is 7.80. The lowest BCUT2D eigenvalue weighted by molar-refractivity contribution is 0.737. The van der Waals surface area contributed by atoms with Crippen LogP contribution >= 0.6 is 27.7 Å². The fourth-order valence-corrected chi connectivity index (χ4v) is 3.22. The Labute approximate surface area is 126 Å². The third kappa shape index (κ3) is 4.06. The average molecular weight is 337 g/mol. The molecule has 0 saturated heterocycles. The Balaban J connectivity index is 2.20. The summed E-state index contributed by atoms with van der Waals surface area (Å²) in [5, 5.41) is 0.991. The molecular weight excluding hydrogens is 320 g/mol. The van der Waals surface area contributed by atoms with E-state index in [4.69, 9.17) is 5.73 Å². The summed E-state index contributed by atoms with van der Waals surface area (Å²) in [6.45, 7) is 4.16. The number of nitrogens with zero attached hydrogens (tertiary/aromatic N) is 1. The van der Waals surface area contributed by atoms with E-state index < -0.39 is 0 Å². The van der Waals surface area contributed by atoms with E-state index in [-0.39, 0.29) is 6.04 Å². The maximum atomic E-state index is 5.83. The molecule has 0 amide bonds. The van der Waals surface area contributed by atoms with Gasteiger partial charge in [-0.05, 0) is 65.5 Å². The lowest BCUT2D eigenvalue weighted by Crippen LogP contribution is -2.17. The minimum absolute atomic E-state index is 0.197. The van der Waals surface area contributed by atoms with Crippen LogP contribution < -0.4 is 5.73 Å². The van der Waals surface area contributed by atoms with Gasteiger partial charge in [-0.1, -0.05) is 23.9 Å². The van der Waals surface area contributed by atoms with Crippen LogP contribution in [0.15, 0.2) is 50.9 Å². The number of hydrogen-bond acceptors (Lipinski definition) is 3. The molecule has 1 unspecified atom stereocenters. The van der Waals surface area contributed by atoms with Gasteiger partial charge in [0.05, 0.1) is 4.47 Å². The zero-order valence-electron chi connectivity index (χ0n) is 11.1. The van der Waals surface area contributed by atoms with Crippen molar-refractivity contribution < 1.29 is 0 Å². The summed E-state index contributed by atoms with van der Waals surface area (Å²) in [6.07, 6.45) is 2.73. The highest BCUT2D eigenvalue weighted by molar-refractivity contribution is 9.10. The number of pyridine rings is 1. The van der Waals surface area contributed by atoms with Crippen LogP contribution in [0.25, 0.3) is 0 Å². The van der Waals surface area contributed by atoms with Crippen molar-refractivity contribution in [3.8, 4) is 0 Å². The van der Waals surface area contributed by atoms with Gasteiger partial charge in [0.1, 0.15) is 5.03 Å². The third-order valence-electron chi connectivity index (χ3n) is 2.73. The molecule has 19 heavy (non-hydrogen) atoms. The van der Waals surface area contributed by atoms with Crippen molar-refractivity contribution in [2.24, 2.45) is 5.73 Å². The topological polar surface area (TPSA) is 38.9 Å². The van der Waals surface area contributed by atoms with E-state index in [9.17, 15) is 0 Å². The number of benzene rings is 1. The quantitative estimate of drug-likeness (QED) is 0.909. The molecule has 0 aliphatic carbocycles. The largest absolute Gasteiger partial charge is 0.328 e. The Kier molecular flexibility index (Phi) is 5.02. The fraction of sp³-hybridized carbons (Fsp3) is 0.267. The summed E-state index contributed by atoms with van der Waals surface area (Å²) >= 11 is 5.20. The molecule has 0 saturated carbocycles. The monoisotopic (exact) mass is 336 g/mol. The summed E-state index contributed by atoms with van der Waals surface area (Å²) in [7, 11) is 0. The van der Waals surface area contributed by atoms with E-state index in [1.54, 1.807) is 11.8 Å².